The van der Waals surface area contributed by atoms with E-state index < -0.39 is 5.97 Å². The summed E-state index contributed by atoms with van der Waals surface area (Å²) < 4.78 is 0.558. The van der Waals surface area contributed by atoms with Crippen LogP contribution in [0.5, 0.6) is 0 Å². The van der Waals surface area contributed by atoms with Crippen molar-refractivity contribution in [1.29, 1.82) is 0 Å². The monoisotopic (exact) mass is 310 g/mol. The summed E-state index contributed by atoms with van der Waals surface area (Å²) in [5, 5.41) is 9.57. The Morgan fingerprint density at radius 1 is 1.12 bits per heavy atom. The highest BCUT2D eigenvalue weighted by Gasteiger charge is 2.09. The average Bonchev–Trinajstić information content (AvgIpc) is 2.28. The Hall–Kier alpha value is -1.32. The lowest BCUT2D eigenvalue weighted by Gasteiger charge is -2.05. The van der Waals surface area contributed by atoms with Crippen LogP contribution in [-0.2, 0) is 0 Å². The van der Waals surface area contributed by atoms with E-state index in [9.17, 15) is 4.79 Å². The lowest BCUT2D eigenvalue weighted by atomic mass is 10.0. The topological polar surface area (TPSA) is 37.3 Å². The van der Waals surface area contributed by atoms with Gasteiger partial charge in [0.25, 0.3) is 0 Å². The Kier molecular flexibility index (Phi) is 3.50. The summed E-state index contributed by atoms with van der Waals surface area (Å²) in [5.41, 5.74) is 2.12. The molecule has 0 bridgehead atoms. The van der Waals surface area contributed by atoms with Gasteiger partial charge >= 0.3 is 5.97 Å². The fourth-order valence-corrected chi connectivity index (χ4v) is 2.27. The molecular formula is C13H8BrClO2. The summed E-state index contributed by atoms with van der Waals surface area (Å²) in [4.78, 5) is 10.9. The van der Waals surface area contributed by atoms with E-state index >= 15 is 0 Å². The van der Waals surface area contributed by atoms with Crippen molar-refractivity contribution in [2.24, 2.45) is 0 Å². The van der Waals surface area contributed by atoms with E-state index in [2.05, 4.69) is 15.9 Å². The van der Waals surface area contributed by atoms with Gasteiger partial charge in [-0.25, -0.2) is 4.79 Å². The minimum absolute atomic E-state index is 0.246. The van der Waals surface area contributed by atoms with E-state index in [0.717, 1.165) is 11.1 Å². The molecule has 0 aliphatic carbocycles. The first-order valence-electron chi connectivity index (χ1n) is 4.87. The minimum Gasteiger partial charge on any atom is -0.478 e. The molecule has 2 aromatic carbocycles. The van der Waals surface area contributed by atoms with Crippen LogP contribution in [0.3, 0.4) is 0 Å². The highest BCUT2D eigenvalue weighted by Crippen LogP contribution is 2.27. The molecule has 0 aromatic heterocycles. The third-order valence-corrected chi connectivity index (χ3v) is 3.25. The highest BCUT2D eigenvalue weighted by molar-refractivity contribution is 9.10. The van der Waals surface area contributed by atoms with E-state index in [0.29, 0.717) is 9.50 Å². The second-order valence-electron chi connectivity index (χ2n) is 3.51. The molecule has 0 saturated carbocycles. The number of carbonyl (C=O) groups is 1. The summed E-state index contributed by atoms with van der Waals surface area (Å²) in [6.07, 6.45) is 0. The predicted octanol–water partition coefficient (Wildman–Crippen LogP) is 4.47. The first-order valence-corrected chi connectivity index (χ1v) is 6.04. The summed E-state index contributed by atoms with van der Waals surface area (Å²) in [7, 11) is 0. The number of aromatic carboxylic acids is 1. The maximum absolute atomic E-state index is 10.9. The molecule has 4 heteroatoms. The molecule has 0 fully saturated rings. The van der Waals surface area contributed by atoms with E-state index in [4.69, 9.17) is 16.7 Å². The number of benzene rings is 2. The van der Waals surface area contributed by atoms with Crippen LogP contribution in [-0.4, -0.2) is 11.1 Å². The second kappa shape index (κ2) is 4.90. The third-order valence-electron chi connectivity index (χ3n) is 2.36. The van der Waals surface area contributed by atoms with Gasteiger partial charge in [-0.05, 0) is 51.3 Å². The zero-order valence-electron chi connectivity index (χ0n) is 8.65. The fourth-order valence-electron chi connectivity index (χ4n) is 1.54. The fraction of sp³-hybridized carbons (Fsp3) is 0. The molecule has 0 amide bonds. The largest absolute Gasteiger partial charge is 0.478 e. The maximum Gasteiger partial charge on any atom is 0.336 e. The Balaban J connectivity index is 2.48. The Labute approximate surface area is 112 Å². The minimum atomic E-state index is -0.950. The van der Waals surface area contributed by atoms with Crippen molar-refractivity contribution >= 4 is 33.5 Å². The number of halogens is 2. The van der Waals surface area contributed by atoms with Crippen LogP contribution in [0.25, 0.3) is 11.1 Å². The molecule has 17 heavy (non-hydrogen) atoms. The summed E-state index contributed by atoms with van der Waals surface area (Å²) in [6.45, 7) is 0. The molecule has 2 rings (SSSR count). The molecule has 2 nitrogen and oxygen atoms in total. The SMILES string of the molecule is O=C(O)c1ccc(-c2cccc(Cl)c2)cc1Br. The van der Waals surface area contributed by atoms with Crippen LogP contribution < -0.4 is 0 Å². The number of hydrogen-bond acceptors (Lipinski definition) is 1. The van der Waals surface area contributed by atoms with Crippen LogP contribution in [0, 0.1) is 0 Å². The maximum atomic E-state index is 10.9. The van der Waals surface area contributed by atoms with Crippen LogP contribution in [0.4, 0.5) is 0 Å². The standard InChI is InChI=1S/C13H8BrClO2/c14-12-7-9(4-5-11(12)13(16)17)8-2-1-3-10(15)6-8/h1-7H,(H,16,17). The average molecular weight is 312 g/mol. The van der Waals surface area contributed by atoms with Gasteiger partial charge in [-0.3, -0.25) is 0 Å². The lowest BCUT2D eigenvalue weighted by molar-refractivity contribution is 0.0696. The Morgan fingerprint density at radius 3 is 2.41 bits per heavy atom. The van der Waals surface area contributed by atoms with Crippen molar-refractivity contribution in [2.75, 3.05) is 0 Å². The van der Waals surface area contributed by atoms with Gasteiger partial charge in [0.15, 0.2) is 0 Å². The molecule has 1 N–H and O–H groups in total. The smallest absolute Gasteiger partial charge is 0.336 e. The van der Waals surface area contributed by atoms with Crippen molar-refractivity contribution in [3.63, 3.8) is 0 Å². The van der Waals surface area contributed by atoms with E-state index in [1.165, 1.54) is 0 Å². The van der Waals surface area contributed by atoms with Crippen LogP contribution in [0.2, 0.25) is 5.02 Å². The normalized spacial score (nSPS) is 10.2. The predicted molar refractivity (Wildman–Crippen MR) is 71.5 cm³/mol. The van der Waals surface area contributed by atoms with Gasteiger partial charge in [0.2, 0.25) is 0 Å². The van der Waals surface area contributed by atoms with Crippen molar-refractivity contribution in [1.82, 2.24) is 0 Å². The molecule has 2 aromatic rings. The van der Waals surface area contributed by atoms with Crippen LogP contribution in [0.1, 0.15) is 10.4 Å². The molecule has 0 spiro atoms. The first-order chi connectivity index (χ1) is 8.08. The van der Waals surface area contributed by atoms with E-state index in [1.807, 2.05) is 18.2 Å². The summed E-state index contributed by atoms with van der Waals surface area (Å²) in [5.74, 6) is -0.950. The summed E-state index contributed by atoms with van der Waals surface area (Å²) >= 11 is 9.16. The molecular weight excluding hydrogens is 303 g/mol. The zero-order valence-corrected chi connectivity index (χ0v) is 11.0. The Morgan fingerprint density at radius 2 is 1.82 bits per heavy atom. The molecule has 0 radical (unpaired) electrons. The molecule has 86 valence electrons. The van der Waals surface area contributed by atoms with Crippen molar-refractivity contribution in [3.8, 4) is 11.1 Å². The van der Waals surface area contributed by atoms with Crippen LogP contribution in [0.15, 0.2) is 46.9 Å². The number of carboxylic acids is 1. The van der Waals surface area contributed by atoms with E-state index in [1.54, 1.807) is 24.3 Å². The van der Waals surface area contributed by atoms with Gasteiger partial charge in [-0.2, -0.15) is 0 Å². The molecule has 0 aliphatic heterocycles. The quantitative estimate of drug-likeness (QED) is 0.888. The highest BCUT2D eigenvalue weighted by atomic mass is 79.9. The van der Waals surface area contributed by atoms with Gasteiger partial charge in [0.05, 0.1) is 5.56 Å². The third kappa shape index (κ3) is 2.68. The van der Waals surface area contributed by atoms with Gasteiger partial charge in [-0.15, -0.1) is 0 Å². The lowest BCUT2D eigenvalue weighted by Crippen LogP contribution is -1.97. The van der Waals surface area contributed by atoms with Crippen molar-refractivity contribution in [3.05, 3.63) is 57.5 Å². The van der Waals surface area contributed by atoms with Gasteiger partial charge in [0, 0.05) is 9.50 Å². The molecule has 0 saturated heterocycles. The zero-order chi connectivity index (χ0) is 12.4. The molecule has 0 unspecified atom stereocenters. The Bertz CT molecular complexity index is 581. The first kappa shape index (κ1) is 12.1. The van der Waals surface area contributed by atoms with Crippen molar-refractivity contribution in [2.45, 2.75) is 0 Å². The number of carboxylic acid groups (broad SMARTS) is 1. The van der Waals surface area contributed by atoms with Crippen LogP contribution >= 0.6 is 27.5 Å². The van der Waals surface area contributed by atoms with Crippen molar-refractivity contribution < 1.29 is 9.90 Å². The molecule has 0 heterocycles. The second-order valence-corrected chi connectivity index (χ2v) is 4.80. The summed E-state index contributed by atoms with van der Waals surface area (Å²) in [6, 6.07) is 12.5. The number of hydrogen-bond donors (Lipinski definition) is 1. The number of rotatable bonds is 2. The molecule has 0 atom stereocenters. The molecule has 0 aliphatic rings. The van der Waals surface area contributed by atoms with Gasteiger partial charge in [-0.1, -0.05) is 29.8 Å². The van der Waals surface area contributed by atoms with Gasteiger partial charge in [0.1, 0.15) is 0 Å². The van der Waals surface area contributed by atoms with E-state index in [-0.39, 0.29) is 5.56 Å². The van der Waals surface area contributed by atoms with Gasteiger partial charge < -0.3 is 5.11 Å².